The first-order valence-electron chi connectivity index (χ1n) is 7.43. The molecule has 0 saturated heterocycles. The van der Waals surface area contributed by atoms with Crippen molar-refractivity contribution in [3.63, 3.8) is 0 Å². The molecule has 124 valence electrons. The highest BCUT2D eigenvalue weighted by Crippen LogP contribution is 2.23. The van der Waals surface area contributed by atoms with Gasteiger partial charge in [-0.1, -0.05) is 11.2 Å². The molecule has 0 radical (unpaired) electrons. The summed E-state index contributed by atoms with van der Waals surface area (Å²) in [7, 11) is 1.85. The van der Waals surface area contributed by atoms with Crippen molar-refractivity contribution in [2.24, 2.45) is 0 Å². The molecule has 1 aromatic carbocycles. The van der Waals surface area contributed by atoms with Crippen LogP contribution in [0.3, 0.4) is 0 Å². The smallest absolute Gasteiger partial charge is 0.241 e. The van der Waals surface area contributed by atoms with Crippen LogP contribution in [-0.4, -0.2) is 27.1 Å². The molecule has 0 fully saturated rings. The van der Waals surface area contributed by atoms with Crippen molar-refractivity contribution in [2.75, 3.05) is 7.05 Å². The minimum atomic E-state index is -0.857. The summed E-state index contributed by atoms with van der Waals surface area (Å²) in [6, 6.07) is 7.38. The first-order valence-corrected chi connectivity index (χ1v) is 7.43. The van der Waals surface area contributed by atoms with Crippen molar-refractivity contribution in [3.05, 3.63) is 65.8 Å². The van der Waals surface area contributed by atoms with E-state index in [1.165, 1.54) is 6.07 Å². The van der Waals surface area contributed by atoms with Gasteiger partial charge < -0.3 is 4.52 Å². The molecule has 24 heavy (non-hydrogen) atoms. The van der Waals surface area contributed by atoms with E-state index in [9.17, 15) is 8.78 Å². The second-order valence-corrected chi connectivity index (χ2v) is 5.52. The molecule has 0 spiro atoms. The monoisotopic (exact) mass is 330 g/mol. The quantitative estimate of drug-likeness (QED) is 0.715. The topological polar surface area (TPSA) is 55.1 Å². The Hall–Kier alpha value is -2.67. The number of rotatable bonds is 5. The van der Waals surface area contributed by atoms with Gasteiger partial charge in [-0.25, -0.2) is 8.78 Å². The first-order chi connectivity index (χ1) is 11.5. The maximum Gasteiger partial charge on any atom is 0.241 e. The SMILES string of the molecule is CC(c1ccc(F)c(F)c1)N(C)Cc1nc(-c2cccnc2)no1. The summed E-state index contributed by atoms with van der Waals surface area (Å²) in [4.78, 5) is 10.3. The lowest BCUT2D eigenvalue weighted by Crippen LogP contribution is -2.22. The van der Waals surface area contributed by atoms with Gasteiger partial charge in [0.15, 0.2) is 11.6 Å². The Kier molecular flexibility index (Phi) is 4.61. The van der Waals surface area contributed by atoms with Crippen molar-refractivity contribution in [1.82, 2.24) is 20.0 Å². The average Bonchev–Trinajstić information content (AvgIpc) is 3.06. The molecule has 3 rings (SSSR count). The lowest BCUT2D eigenvalue weighted by Gasteiger charge is -2.23. The molecule has 7 heteroatoms. The standard InChI is InChI=1S/C17H16F2N4O/c1-11(12-5-6-14(18)15(19)8-12)23(2)10-16-21-17(22-24-16)13-4-3-7-20-9-13/h3-9,11H,10H2,1-2H3. The third-order valence-corrected chi connectivity index (χ3v) is 3.86. The molecular formula is C17H16F2N4O. The Balaban J connectivity index is 1.71. The summed E-state index contributed by atoms with van der Waals surface area (Å²) in [5.74, 6) is -0.811. The average molecular weight is 330 g/mol. The zero-order valence-electron chi connectivity index (χ0n) is 13.3. The van der Waals surface area contributed by atoms with Gasteiger partial charge in [0.25, 0.3) is 0 Å². The van der Waals surface area contributed by atoms with Gasteiger partial charge in [0.05, 0.1) is 6.54 Å². The van der Waals surface area contributed by atoms with E-state index < -0.39 is 11.6 Å². The molecule has 0 bridgehead atoms. The number of hydrogen-bond donors (Lipinski definition) is 0. The summed E-state index contributed by atoms with van der Waals surface area (Å²) in [5.41, 5.74) is 1.44. The number of benzene rings is 1. The van der Waals surface area contributed by atoms with Gasteiger partial charge in [-0.15, -0.1) is 0 Å². The molecule has 5 nitrogen and oxygen atoms in total. The number of halogens is 2. The van der Waals surface area contributed by atoms with Crippen LogP contribution in [-0.2, 0) is 6.54 Å². The predicted octanol–water partition coefficient (Wildman–Crippen LogP) is 3.60. The Morgan fingerprint density at radius 3 is 2.75 bits per heavy atom. The van der Waals surface area contributed by atoms with E-state index in [2.05, 4.69) is 15.1 Å². The highest BCUT2D eigenvalue weighted by atomic mass is 19.2. The Morgan fingerprint density at radius 2 is 2.04 bits per heavy atom. The van der Waals surface area contributed by atoms with Crippen LogP contribution >= 0.6 is 0 Å². The maximum absolute atomic E-state index is 13.4. The zero-order valence-corrected chi connectivity index (χ0v) is 13.3. The van der Waals surface area contributed by atoms with Crippen LogP contribution in [0.2, 0.25) is 0 Å². The van der Waals surface area contributed by atoms with Gasteiger partial charge in [-0.05, 0) is 43.8 Å². The Morgan fingerprint density at radius 1 is 1.21 bits per heavy atom. The van der Waals surface area contributed by atoms with Crippen LogP contribution in [0.15, 0.2) is 47.2 Å². The number of nitrogens with zero attached hydrogens (tertiary/aromatic N) is 4. The molecule has 1 unspecified atom stereocenters. The van der Waals surface area contributed by atoms with Crippen LogP contribution in [0.25, 0.3) is 11.4 Å². The normalized spacial score (nSPS) is 12.5. The fourth-order valence-corrected chi connectivity index (χ4v) is 2.31. The summed E-state index contributed by atoms with van der Waals surface area (Å²) in [6.45, 7) is 2.28. The first kappa shape index (κ1) is 16.2. The van der Waals surface area contributed by atoms with Crippen molar-refractivity contribution in [2.45, 2.75) is 19.5 Å². The van der Waals surface area contributed by atoms with Crippen LogP contribution in [0.4, 0.5) is 8.78 Å². The highest BCUT2D eigenvalue weighted by molar-refractivity contribution is 5.51. The van der Waals surface area contributed by atoms with E-state index in [0.717, 1.165) is 11.6 Å². The van der Waals surface area contributed by atoms with E-state index in [1.807, 2.05) is 24.9 Å². The van der Waals surface area contributed by atoms with Gasteiger partial charge in [-0.3, -0.25) is 9.88 Å². The van der Waals surface area contributed by atoms with Crippen LogP contribution in [0.1, 0.15) is 24.4 Å². The highest BCUT2D eigenvalue weighted by Gasteiger charge is 2.17. The second kappa shape index (κ2) is 6.84. The lowest BCUT2D eigenvalue weighted by molar-refractivity contribution is 0.216. The third-order valence-electron chi connectivity index (χ3n) is 3.86. The largest absolute Gasteiger partial charge is 0.338 e. The molecule has 3 aromatic rings. The second-order valence-electron chi connectivity index (χ2n) is 5.52. The van der Waals surface area contributed by atoms with Gasteiger partial charge >= 0.3 is 0 Å². The summed E-state index contributed by atoms with van der Waals surface area (Å²) >= 11 is 0. The number of hydrogen-bond acceptors (Lipinski definition) is 5. The van der Waals surface area contributed by atoms with E-state index >= 15 is 0 Å². The zero-order chi connectivity index (χ0) is 17.1. The lowest BCUT2D eigenvalue weighted by atomic mass is 10.1. The molecule has 2 heterocycles. The van der Waals surface area contributed by atoms with Gasteiger partial charge in [0.1, 0.15) is 0 Å². The van der Waals surface area contributed by atoms with E-state index in [4.69, 9.17) is 4.52 Å². The van der Waals surface area contributed by atoms with Gasteiger partial charge in [0.2, 0.25) is 11.7 Å². The van der Waals surface area contributed by atoms with Gasteiger partial charge in [0, 0.05) is 24.0 Å². The van der Waals surface area contributed by atoms with Crippen molar-refractivity contribution >= 4 is 0 Å². The summed E-state index contributed by atoms with van der Waals surface area (Å²) in [5, 5.41) is 3.93. The Labute approximate surface area is 138 Å². The maximum atomic E-state index is 13.4. The van der Waals surface area contributed by atoms with Gasteiger partial charge in [-0.2, -0.15) is 4.98 Å². The van der Waals surface area contributed by atoms with E-state index in [1.54, 1.807) is 24.5 Å². The van der Waals surface area contributed by atoms with Crippen molar-refractivity contribution in [3.8, 4) is 11.4 Å². The third kappa shape index (κ3) is 3.46. The van der Waals surface area contributed by atoms with Crippen LogP contribution in [0.5, 0.6) is 0 Å². The van der Waals surface area contributed by atoms with Crippen LogP contribution in [0, 0.1) is 11.6 Å². The van der Waals surface area contributed by atoms with Crippen molar-refractivity contribution < 1.29 is 13.3 Å². The van der Waals surface area contributed by atoms with E-state index in [-0.39, 0.29) is 6.04 Å². The molecule has 0 N–H and O–H groups in total. The van der Waals surface area contributed by atoms with Crippen LogP contribution < -0.4 is 0 Å². The molecule has 0 aliphatic heterocycles. The fourth-order valence-electron chi connectivity index (χ4n) is 2.31. The van der Waals surface area contributed by atoms with E-state index in [0.29, 0.717) is 23.8 Å². The molecular weight excluding hydrogens is 314 g/mol. The van der Waals surface area contributed by atoms with Crippen molar-refractivity contribution in [1.29, 1.82) is 0 Å². The number of pyridine rings is 1. The minimum absolute atomic E-state index is 0.145. The summed E-state index contributed by atoms with van der Waals surface area (Å²) in [6.07, 6.45) is 3.32. The Bertz CT molecular complexity index is 822. The molecule has 1 atom stereocenters. The molecule has 0 amide bonds. The molecule has 2 aromatic heterocycles. The minimum Gasteiger partial charge on any atom is -0.338 e. The number of aromatic nitrogens is 3. The molecule has 0 saturated carbocycles. The fraction of sp³-hybridized carbons (Fsp3) is 0.235. The summed E-state index contributed by atoms with van der Waals surface area (Å²) < 4.78 is 31.7. The molecule has 0 aliphatic carbocycles. The predicted molar refractivity (Wildman–Crippen MR) is 83.8 cm³/mol. The molecule has 0 aliphatic rings.